The monoisotopic (exact) mass is 472 g/mol. The first-order valence-corrected chi connectivity index (χ1v) is 12.0. The van der Waals surface area contributed by atoms with Crippen molar-refractivity contribution in [3.63, 3.8) is 0 Å². The van der Waals surface area contributed by atoms with Crippen LogP contribution in [0.25, 0.3) is 11.1 Å². The van der Waals surface area contributed by atoms with Gasteiger partial charge in [-0.25, -0.2) is 4.98 Å². The molecule has 178 valence electrons. The fraction of sp³-hybridized carbons (Fsp3) is 0.0938. The molecular weight excluding hydrogens is 444 g/mol. The molecule has 0 spiro atoms. The summed E-state index contributed by atoms with van der Waals surface area (Å²) in [4.78, 5) is 4.83. The second-order valence-electron chi connectivity index (χ2n) is 8.48. The van der Waals surface area contributed by atoms with Gasteiger partial charge in [-0.05, 0) is 40.5 Å². The number of benzene rings is 4. The van der Waals surface area contributed by atoms with E-state index in [2.05, 4.69) is 72.0 Å². The lowest BCUT2D eigenvalue weighted by molar-refractivity contribution is 0.305. The second kappa shape index (κ2) is 11.2. The molecule has 0 bridgehead atoms. The van der Waals surface area contributed by atoms with Crippen LogP contribution in [0.15, 0.2) is 128 Å². The zero-order chi connectivity index (χ0) is 24.6. The highest BCUT2D eigenvalue weighted by Gasteiger charge is 2.18. The van der Waals surface area contributed by atoms with E-state index in [4.69, 9.17) is 14.5 Å². The van der Waals surface area contributed by atoms with Gasteiger partial charge >= 0.3 is 0 Å². The Hall–Kier alpha value is -4.57. The zero-order valence-corrected chi connectivity index (χ0v) is 20.2. The molecule has 0 aliphatic heterocycles. The molecule has 0 saturated heterocycles. The summed E-state index contributed by atoms with van der Waals surface area (Å²) in [6, 6.07) is 40.9. The summed E-state index contributed by atoms with van der Waals surface area (Å²) >= 11 is 0. The normalized spacial score (nSPS) is 10.7. The molecule has 0 fully saturated rings. The Morgan fingerprint density at radius 2 is 1.33 bits per heavy atom. The third-order valence-electron chi connectivity index (χ3n) is 6.04. The van der Waals surface area contributed by atoms with Gasteiger partial charge in [0.1, 0.15) is 12.4 Å². The fourth-order valence-corrected chi connectivity index (χ4v) is 4.16. The Morgan fingerprint density at radius 3 is 1.97 bits per heavy atom. The predicted octanol–water partition coefficient (Wildman–Crippen LogP) is 7.54. The van der Waals surface area contributed by atoms with E-state index < -0.39 is 0 Å². The minimum Gasteiger partial charge on any atom is -0.497 e. The fourth-order valence-electron chi connectivity index (χ4n) is 4.16. The van der Waals surface area contributed by atoms with Crippen molar-refractivity contribution in [2.24, 2.45) is 0 Å². The van der Waals surface area contributed by atoms with Crippen LogP contribution >= 0.6 is 0 Å². The largest absolute Gasteiger partial charge is 0.497 e. The quantitative estimate of drug-likeness (QED) is 0.241. The number of rotatable bonds is 9. The second-order valence-corrected chi connectivity index (χ2v) is 8.48. The van der Waals surface area contributed by atoms with Crippen LogP contribution in [0.1, 0.15) is 22.7 Å². The topological polar surface area (TPSA) is 43.4 Å². The summed E-state index contributed by atoms with van der Waals surface area (Å²) < 4.78 is 11.8. The van der Waals surface area contributed by atoms with Crippen LogP contribution in [-0.2, 0) is 6.61 Å². The Morgan fingerprint density at radius 1 is 0.694 bits per heavy atom. The first kappa shape index (κ1) is 23.2. The minimum absolute atomic E-state index is 0.0818. The molecule has 1 N–H and O–H groups in total. The van der Waals surface area contributed by atoms with Crippen molar-refractivity contribution in [2.75, 3.05) is 12.4 Å². The third-order valence-corrected chi connectivity index (χ3v) is 6.04. The lowest BCUT2D eigenvalue weighted by Gasteiger charge is -2.22. The van der Waals surface area contributed by atoms with Gasteiger partial charge in [0.15, 0.2) is 11.6 Å². The minimum atomic E-state index is -0.0818. The molecular formula is C32H28N2O2. The highest BCUT2D eigenvalue weighted by atomic mass is 16.5. The van der Waals surface area contributed by atoms with Gasteiger partial charge < -0.3 is 14.8 Å². The van der Waals surface area contributed by atoms with Gasteiger partial charge in [0, 0.05) is 11.8 Å². The number of methoxy groups -OCH3 is 1. The maximum absolute atomic E-state index is 6.38. The highest BCUT2D eigenvalue weighted by Crippen LogP contribution is 2.34. The average molecular weight is 473 g/mol. The lowest BCUT2D eigenvalue weighted by atomic mass is 9.98. The van der Waals surface area contributed by atoms with Crippen molar-refractivity contribution in [3.8, 4) is 22.6 Å². The van der Waals surface area contributed by atoms with Gasteiger partial charge in [0.25, 0.3) is 0 Å². The van der Waals surface area contributed by atoms with Crippen LogP contribution in [0.4, 0.5) is 5.82 Å². The summed E-state index contributed by atoms with van der Waals surface area (Å²) in [5.41, 5.74) is 5.41. The van der Waals surface area contributed by atoms with Crippen LogP contribution in [0.2, 0.25) is 0 Å². The number of hydrogen-bond acceptors (Lipinski definition) is 4. The van der Waals surface area contributed by atoms with Crippen molar-refractivity contribution in [3.05, 3.63) is 144 Å². The van der Waals surface area contributed by atoms with Crippen LogP contribution in [0, 0.1) is 0 Å². The molecule has 1 aromatic heterocycles. The lowest BCUT2D eigenvalue weighted by Crippen LogP contribution is -2.14. The summed E-state index contributed by atoms with van der Waals surface area (Å²) in [5, 5.41) is 3.66. The number of hydrogen-bond donors (Lipinski definition) is 1. The molecule has 4 aromatic carbocycles. The molecule has 4 nitrogen and oxygen atoms in total. The van der Waals surface area contributed by atoms with Crippen LogP contribution in [0.3, 0.4) is 0 Å². The smallest absolute Gasteiger partial charge is 0.169 e. The first-order chi connectivity index (χ1) is 17.8. The molecule has 5 rings (SSSR count). The van der Waals surface area contributed by atoms with Gasteiger partial charge in [0.2, 0.25) is 0 Å². The number of ether oxygens (including phenoxy) is 2. The van der Waals surface area contributed by atoms with Gasteiger partial charge in [-0.1, -0.05) is 103 Å². The molecule has 36 heavy (non-hydrogen) atoms. The van der Waals surface area contributed by atoms with E-state index in [-0.39, 0.29) is 6.04 Å². The molecule has 4 heteroatoms. The van der Waals surface area contributed by atoms with E-state index in [1.165, 1.54) is 0 Å². The summed E-state index contributed by atoms with van der Waals surface area (Å²) in [6.07, 6.45) is 1.89. The van der Waals surface area contributed by atoms with Gasteiger partial charge in [-0.15, -0.1) is 0 Å². The molecule has 0 radical (unpaired) electrons. The highest BCUT2D eigenvalue weighted by molar-refractivity contribution is 5.68. The third kappa shape index (κ3) is 5.56. The molecule has 0 unspecified atom stereocenters. The number of nitrogens with zero attached hydrogens (tertiary/aromatic N) is 1. The van der Waals surface area contributed by atoms with Crippen LogP contribution in [0.5, 0.6) is 11.5 Å². The Kier molecular flexibility index (Phi) is 7.24. The van der Waals surface area contributed by atoms with Crippen LogP contribution in [-0.4, -0.2) is 12.1 Å². The zero-order valence-electron chi connectivity index (χ0n) is 20.2. The van der Waals surface area contributed by atoms with E-state index in [1.54, 1.807) is 7.11 Å². The Bertz CT molecular complexity index is 1350. The summed E-state index contributed by atoms with van der Waals surface area (Å²) in [6.45, 7) is 0.396. The molecule has 0 atom stereocenters. The molecule has 0 amide bonds. The van der Waals surface area contributed by atoms with Crippen molar-refractivity contribution in [1.82, 2.24) is 4.98 Å². The molecule has 0 aliphatic rings. The molecule has 1 heterocycles. The van der Waals surface area contributed by atoms with E-state index in [1.807, 2.05) is 60.8 Å². The maximum atomic E-state index is 6.38. The van der Waals surface area contributed by atoms with Crippen molar-refractivity contribution in [1.29, 1.82) is 0 Å². The Balaban J connectivity index is 1.51. The van der Waals surface area contributed by atoms with Crippen molar-refractivity contribution >= 4 is 5.82 Å². The summed E-state index contributed by atoms with van der Waals surface area (Å²) in [5.74, 6) is 2.19. The number of anilines is 1. The molecule has 0 aliphatic carbocycles. The van der Waals surface area contributed by atoms with Crippen molar-refractivity contribution < 1.29 is 9.47 Å². The number of nitrogens with one attached hydrogen (secondary N) is 1. The van der Waals surface area contributed by atoms with E-state index in [9.17, 15) is 0 Å². The molecule has 0 saturated carbocycles. The van der Waals surface area contributed by atoms with Gasteiger partial charge in [0.05, 0.1) is 13.2 Å². The molecule has 5 aromatic rings. The van der Waals surface area contributed by atoms with Crippen molar-refractivity contribution in [2.45, 2.75) is 12.6 Å². The van der Waals surface area contributed by atoms with E-state index >= 15 is 0 Å². The number of aromatic nitrogens is 1. The standard InChI is InChI=1S/C32H28N2O2/c1-35-29-19-11-12-24(20-29)23-36-30-21-28(25-13-5-2-6-14-25)22-33-32(30)34-31(26-15-7-3-8-16-26)27-17-9-4-10-18-27/h2-22,31H,23H2,1H3,(H,33,34). The Labute approximate surface area is 212 Å². The van der Waals surface area contributed by atoms with E-state index in [0.717, 1.165) is 33.6 Å². The average Bonchev–Trinajstić information content (AvgIpc) is 2.96. The predicted molar refractivity (Wildman–Crippen MR) is 145 cm³/mol. The SMILES string of the molecule is COc1cccc(COc2cc(-c3ccccc3)cnc2NC(c2ccccc2)c2ccccc2)c1. The van der Waals surface area contributed by atoms with Crippen LogP contribution < -0.4 is 14.8 Å². The van der Waals surface area contributed by atoms with E-state index in [0.29, 0.717) is 18.2 Å². The van der Waals surface area contributed by atoms with Gasteiger partial charge in [-0.3, -0.25) is 0 Å². The first-order valence-electron chi connectivity index (χ1n) is 12.0. The number of pyridine rings is 1. The van der Waals surface area contributed by atoms with Gasteiger partial charge in [-0.2, -0.15) is 0 Å². The summed E-state index contributed by atoms with van der Waals surface area (Å²) in [7, 11) is 1.67. The maximum Gasteiger partial charge on any atom is 0.169 e.